The van der Waals surface area contributed by atoms with Gasteiger partial charge in [0.25, 0.3) is 0 Å². The second-order valence-electron chi connectivity index (χ2n) is 13.7. The molecule has 0 N–H and O–H groups in total. The van der Waals surface area contributed by atoms with Crippen LogP contribution in [0, 0.1) is 0 Å². The van der Waals surface area contributed by atoms with E-state index in [1.807, 2.05) is 12.1 Å². The van der Waals surface area contributed by atoms with Crippen LogP contribution in [-0.2, 0) is 0 Å². The first-order valence-corrected chi connectivity index (χ1v) is 17.9. The average molecular weight is 677 g/mol. The van der Waals surface area contributed by atoms with Crippen molar-refractivity contribution in [2.24, 2.45) is 0 Å². The molecule has 0 fully saturated rings. The number of aromatic nitrogens is 4. The Labute approximate surface area is 302 Å². The van der Waals surface area contributed by atoms with Gasteiger partial charge in [0.1, 0.15) is 11.2 Å². The highest BCUT2D eigenvalue weighted by atomic mass is 16.3. The monoisotopic (exact) mass is 676 g/mol. The number of para-hydroxylation sites is 5. The lowest BCUT2D eigenvalue weighted by molar-refractivity contribution is 0.669. The molecule has 12 aromatic rings. The van der Waals surface area contributed by atoms with Gasteiger partial charge in [0.2, 0.25) is 5.95 Å². The molecule has 5 nitrogen and oxygen atoms in total. The van der Waals surface area contributed by atoms with Crippen LogP contribution < -0.4 is 0 Å². The van der Waals surface area contributed by atoms with Crippen LogP contribution in [0.1, 0.15) is 0 Å². The lowest BCUT2D eigenvalue weighted by atomic mass is 9.99. The number of rotatable bonds is 3. The number of hydrogen-bond donors (Lipinski definition) is 0. The van der Waals surface area contributed by atoms with Gasteiger partial charge in [-0.1, -0.05) is 115 Å². The lowest BCUT2D eigenvalue weighted by Crippen LogP contribution is -2.04. The highest BCUT2D eigenvalue weighted by Crippen LogP contribution is 2.47. The molecule has 0 bridgehead atoms. The van der Waals surface area contributed by atoms with E-state index in [0.717, 1.165) is 66.2 Å². The molecule has 0 spiro atoms. The summed E-state index contributed by atoms with van der Waals surface area (Å²) in [5, 5.41) is 10.3. The molecule has 0 radical (unpaired) electrons. The molecule has 5 heteroatoms. The minimum absolute atomic E-state index is 0.637. The molecule has 53 heavy (non-hydrogen) atoms. The van der Waals surface area contributed by atoms with E-state index in [2.05, 4.69) is 167 Å². The van der Waals surface area contributed by atoms with Crippen molar-refractivity contribution < 1.29 is 4.42 Å². The van der Waals surface area contributed by atoms with E-state index in [9.17, 15) is 0 Å². The number of benzene rings is 8. The van der Waals surface area contributed by atoms with E-state index >= 15 is 0 Å². The van der Waals surface area contributed by atoms with Crippen LogP contribution in [0.25, 0.3) is 110 Å². The van der Waals surface area contributed by atoms with Crippen LogP contribution in [-0.4, -0.2) is 19.1 Å². The molecule has 0 aliphatic rings. The van der Waals surface area contributed by atoms with E-state index in [4.69, 9.17) is 14.4 Å². The predicted octanol–water partition coefficient (Wildman–Crippen LogP) is 12.5. The zero-order chi connectivity index (χ0) is 34.6. The third kappa shape index (κ3) is 3.91. The van der Waals surface area contributed by atoms with Crippen LogP contribution >= 0.6 is 0 Å². The Morgan fingerprint density at radius 3 is 1.68 bits per heavy atom. The Morgan fingerprint density at radius 1 is 0.396 bits per heavy atom. The fourth-order valence-corrected chi connectivity index (χ4v) is 8.70. The van der Waals surface area contributed by atoms with Gasteiger partial charge in [0, 0.05) is 59.7 Å². The zero-order valence-electron chi connectivity index (χ0n) is 28.4. The Balaban J connectivity index is 1.25. The van der Waals surface area contributed by atoms with E-state index in [1.54, 1.807) is 0 Å². The summed E-state index contributed by atoms with van der Waals surface area (Å²) in [6, 6.07) is 59.9. The lowest BCUT2D eigenvalue weighted by Gasteiger charge is -2.14. The normalized spacial score (nSPS) is 12.2. The molecule has 8 aromatic carbocycles. The summed E-state index contributed by atoms with van der Waals surface area (Å²) in [4.78, 5) is 10.8. The first-order chi connectivity index (χ1) is 26.3. The zero-order valence-corrected chi connectivity index (χ0v) is 28.4. The fraction of sp³-hybridized carbons (Fsp3) is 0. The summed E-state index contributed by atoms with van der Waals surface area (Å²) >= 11 is 0. The van der Waals surface area contributed by atoms with Crippen LogP contribution in [0.2, 0.25) is 0 Å². The molecule has 0 saturated heterocycles. The van der Waals surface area contributed by atoms with Gasteiger partial charge >= 0.3 is 0 Å². The van der Waals surface area contributed by atoms with Crippen molar-refractivity contribution in [2.45, 2.75) is 0 Å². The van der Waals surface area contributed by atoms with Crippen molar-refractivity contribution in [3.8, 4) is 22.9 Å². The largest absolute Gasteiger partial charge is 0.456 e. The number of hydrogen-bond acceptors (Lipinski definition) is 3. The maximum absolute atomic E-state index is 6.21. The summed E-state index contributed by atoms with van der Waals surface area (Å²) < 4.78 is 10.9. The van der Waals surface area contributed by atoms with E-state index < -0.39 is 0 Å². The van der Waals surface area contributed by atoms with Gasteiger partial charge in [-0.15, -0.1) is 0 Å². The molecule has 0 amide bonds. The number of furan rings is 1. The van der Waals surface area contributed by atoms with Gasteiger partial charge in [-0.3, -0.25) is 4.57 Å². The summed E-state index contributed by atoms with van der Waals surface area (Å²) in [7, 11) is 0. The summed E-state index contributed by atoms with van der Waals surface area (Å²) in [5.74, 6) is 0.637. The highest BCUT2D eigenvalue weighted by molar-refractivity contribution is 6.37. The van der Waals surface area contributed by atoms with Crippen molar-refractivity contribution in [1.29, 1.82) is 0 Å². The maximum Gasteiger partial charge on any atom is 0.235 e. The minimum atomic E-state index is 0.637. The number of nitrogens with zero attached hydrogens (tertiary/aromatic N) is 4. The predicted molar refractivity (Wildman–Crippen MR) is 218 cm³/mol. The fourth-order valence-electron chi connectivity index (χ4n) is 8.70. The Kier molecular flexibility index (Phi) is 5.71. The van der Waals surface area contributed by atoms with Gasteiger partial charge in [-0.2, -0.15) is 0 Å². The van der Waals surface area contributed by atoms with E-state index in [0.29, 0.717) is 5.95 Å². The second-order valence-corrected chi connectivity index (χ2v) is 13.7. The molecular weight excluding hydrogens is 649 g/mol. The topological polar surface area (TPSA) is 48.8 Å². The summed E-state index contributed by atoms with van der Waals surface area (Å²) in [6.07, 6.45) is 0. The first kappa shape index (κ1) is 28.5. The third-order valence-electron chi connectivity index (χ3n) is 10.9. The quantitative estimate of drug-likeness (QED) is 0.187. The first-order valence-electron chi connectivity index (χ1n) is 17.9. The molecule has 0 aliphatic heterocycles. The van der Waals surface area contributed by atoms with Crippen molar-refractivity contribution in [3.63, 3.8) is 0 Å². The summed E-state index contributed by atoms with van der Waals surface area (Å²) in [6.45, 7) is 0. The van der Waals surface area contributed by atoms with E-state index in [1.165, 1.54) is 38.0 Å². The van der Waals surface area contributed by atoms with Gasteiger partial charge in [0.05, 0.1) is 33.3 Å². The molecule has 0 atom stereocenters. The molecular formula is C48H28N4O. The Bertz CT molecular complexity index is 3460. The smallest absolute Gasteiger partial charge is 0.235 e. The molecule has 0 unspecified atom stereocenters. The minimum Gasteiger partial charge on any atom is -0.456 e. The Hall–Kier alpha value is -7.24. The van der Waals surface area contributed by atoms with Gasteiger partial charge in [-0.05, 0) is 54.6 Å². The van der Waals surface area contributed by atoms with E-state index in [-0.39, 0.29) is 0 Å². The molecule has 246 valence electrons. The second kappa shape index (κ2) is 10.6. The number of fused-ring (bicyclic) bond motifs is 14. The van der Waals surface area contributed by atoms with Gasteiger partial charge < -0.3 is 8.98 Å². The molecule has 0 saturated carbocycles. The van der Waals surface area contributed by atoms with Crippen molar-refractivity contribution in [1.82, 2.24) is 19.1 Å². The standard InChI is InChI=1S/C48H28N4O/c1-2-14-30(15-3-1)51-39-23-11-7-20-35(39)43-44-36-21-8-12-24-40(36)52(47(44)33-18-5-4-17-32(33)46(43)51)48-49-38-22-10-6-19-34(38)45(50-48)29-26-27-42-37(28-29)31-16-9-13-25-41(31)53-42/h1-28H. The van der Waals surface area contributed by atoms with Crippen molar-refractivity contribution in [3.05, 3.63) is 170 Å². The third-order valence-corrected chi connectivity index (χ3v) is 10.9. The van der Waals surface area contributed by atoms with Crippen LogP contribution in [0.3, 0.4) is 0 Å². The van der Waals surface area contributed by atoms with Gasteiger partial charge in [0.15, 0.2) is 0 Å². The van der Waals surface area contributed by atoms with Gasteiger partial charge in [-0.25, -0.2) is 9.97 Å². The Morgan fingerprint density at radius 2 is 0.943 bits per heavy atom. The maximum atomic E-state index is 6.21. The molecule has 4 heterocycles. The molecule has 0 aliphatic carbocycles. The van der Waals surface area contributed by atoms with Crippen molar-refractivity contribution in [2.75, 3.05) is 0 Å². The van der Waals surface area contributed by atoms with Crippen LogP contribution in [0.4, 0.5) is 0 Å². The summed E-state index contributed by atoms with van der Waals surface area (Å²) in [5.41, 5.74) is 10.2. The molecule has 12 rings (SSSR count). The van der Waals surface area contributed by atoms with Crippen LogP contribution in [0.5, 0.6) is 0 Å². The molecule has 4 aromatic heterocycles. The average Bonchev–Trinajstić information content (AvgIpc) is 3.89. The highest BCUT2D eigenvalue weighted by Gasteiger charge is 2.25. The van der Waals surface area contributed by atoms with Crippen molar-refractivity contribution >= 4 is 87.2 Å². The SMILES string of the molecule is c1ccc(-n2c3ccccc3c3c4c5ccccc5n(-c5nc(-c6ccc7oc8ccccc8c7c6)c6ccccc6n5)c4c4ccccc4c32)cc1. The van der Waals surface area contributed by atoms with Crippen LogP contribution in [0.15, 0.2) is 174 Å².